The number of alkyl halides is 3. The Bertz CT molecular complexity index is 1150. The molecule has 182 valence electrons. The molecule has 2 aromatic carbocycles. The highest BCUT2D eigenvalue weighted by molar-refractivity contribution is 5.99. The summed E-state index contributed by atoms with van der Waals surface area (Å²) in [5, 5.41) is 8.20. The second-order valence-corrected chi connectivity index (χ2v) is 7.45. The van der Waals surface area contributed by atoms with Gasteiger partial charge in [0.1, 0.15) is 29.4 Å². The monoisotopic (exact) mass is 478 g/mol. The highest BCUT2D eigenvalue weighted by atomic mass is 19.4. The summed E-state index contributed by atoms with van der Waals surface area (Å²) in [6.45, 7) is 4.49. The average Bonchev–Trinajstić information content (AvgIpc) is 3.24. The normalized spacial score (nSPS) is 12.6. The van der Waals surface area contributed by atoms with Gasteiger partial charge in [0.2, 0.25) is 0 Å². The molecular formula is C24H25F3N2O5. The fourth-order valence-electron chi connectivity index (χ4n) is 3.75. The van der Waals surface area contributed by atoms with Gasteiger partial charge in [-0.2, -0.15) is 13.2 Å². The number of aromatic nitrogens is 1. The molecule has 0 radical (unpaired) electrons. The number of carboxylic acids is 1. The van der Waals surface area contributed by atoms with Gasteiger partial charge in [-0.15, -0.1) is 0 Å². The van der Waals surface area contributed by atoms with Gasteiger partial charge in [0.15, 0.2) is 0 Å². The molecule has 3 aromatic rings. The number of rotatable bonds is 6. The number of ether oxygens (including phenoxy) is 3. The van der Waals surface area contributed by atoms with Crippen molar-refractivity contribution in [2.75, 3.05) is 38.8 Å². The number of pyridine rings is 1. The lowest BCUT2D eigenvalue weighted by Crippen LogP contribution is -2.26. The maximum atomic E-state index is 10.6. The summed E-state index contributed by atoms with van der Waals surface area (Å²) in [5.74, 6) is -0.342. The summed E-state index contributed by atoms with van der Waals surface area (Å²) in [7, 11) is 3.35. The van der Waals surface area contributed by atoms with Crippen LogP contribution < -0.4 is 19.1 Å². The Morgan fingerprint density at radius 1 is 1.12 bits per heavy atom. The largest absolute Gasteiger partial charge is 0.497 e. The van der Waals surface area contributed by atoms with Gasteiger partial charge in [-0.25, -0.2) is 9.78 Å². The van der Waals surface area contributed by atoms with E-state index in [1.54, 1.807) is 14.2 Å². The Balaban J connectivity index is 0.000000406. The summed E-state index contributed by atoms with van der Waals surface area (Å²) in [6, 6.07) is 13.9. The van der Waals surface area contributed by atoms with Gasteiger partial charge in [0.25, 0.3) is 0 Å². The lowest BCUT2D eigenvalue weighted by atomic mass is 10.1. The van der Waals surface area contributed by atoms with Crippen LogP contribution in [0.2, 0.25) is 0 Å². The van der Waals surface area contributed by atoms with Crippen molar-refractivity contribution in [1.82, 2.24) is 4.98 Å². The SMILES string of the molecule is COc1cc(OC)c2nc(C)c3c(c2c1)N(CCOc1ccccc1)CC3.O=C(O)C(F)(F)F. The van der Waals surface area contributed by atoms with E-state index in [1.165, 1.54) is 11.3 Å². The number of carboxylic acid groups (broad SMARTS) is 1. The van der Waals surface area contributed by atoms with Crippen molar-refractivity contribution < 1.29 is 37.3 Å². The number of hydrogen-bond donors (Lipinski definition) is 1. The number of aryl methyl sites for hydroxylation is 1. The zero-order valence-electron chi connectivity index (χ0n) is 19.0. The van der Waals surface area contributed by atoms with Crippen LogP contribution in [-0.4, -0.2) is 56.2 Å². The predicted molar refractivity (Wildman–Crippen MR) is 121 cm³/mol. The molecular weight excluding hydrogens is 453 g/mol. The standard InChI is InChI=1S/C22H24N2O3.C2HF3O2/c1-15-18-9-10-24(11-12-27-16-7-5-4-6-8-16)22(18)19-13-17(25-2)14-20(26-3)21(19)23-15;3-2(4,5)1(6)7/h4-8,13-14H,9-12H2,1-3H3;(H,6,7). The molecule has 0 fully saturated rings. The van der Waals surface area contributed by atoms with Crippen molar-refractivity contribution in [2.45, 2.75) is 19.5 Å². The van der Waals surface area contributed by atoms with Gasteiger partial charge in [-0.05, 0) is 37.1 Å². The van der Waals surface area contributed by atoms with E-state index in [4.69, 9.17) is 29.1 Å². The van der Waals surface area contributed by atoms with E-state index >= 15 is 0 Å². The van der Waals surface area contributed by atoms with Crippen LogP contribution in [0.15, 0.2) is 42.5 Å². The molecule has 1 aromatic heterocycles. The molecule has 2 heterocycles. The van der Waals surface area contributed by atoms with Crippen molar-refractivity contribution in [2.24, 2.45) is 0 Å². The number of methoxy groups -OCH3 is 2. The molecule has 0 amide bonds. The Morgan fingerprint density at radius 2 is 1.79 bits per heavy atom. The first-order chi connectivity index (χ1) is 16.2. The molecule has 1 aliphatic heterocycles. The first-order valence-electron chi connectivity index (χ1n) is 10.4. The minimum Gasteiger partial charge on any atom is -0.497 e. The summed E-state index contributed by atoms with van der Waals surface area (Å²) in [4.78, 5) is 16.1. The molecule has 0 saturated carbocycles. The maximum Gasteiger partial charge on any atom is 0.490 e. The third kappa shape index (κ3) is 5.62. The van der Waals surface area contributed by atoms with Gasteiger partial charge < -0.3 is 24.2 Å². The first-order valence-corrected chi connectivity index (χ1v) is 10.4. The van der Waals surface area contributed by atoms with Gasteiger partial charge >= 0.3 is 12.1 Å². The van der Waals surface area contributed by atoms with E-state index in [0.29, 0.717) is 6.61 Å². The van der Waals surface area contributed by atoms with Crippen LogP contribution in [0.4, 0.5) is 18.9 Å². The number of aliphatic carboxylic acids is 1. The molecule has 0 saturated heterocycles. The Kier molecular flexibility index (Phi) is 7.70. The van der Waals surface area contributed by atoms with Gasteiger partial charge in [-0.1, -0.05) is 18.2 Å². The Hall–Kier alpha value is -3.69. The molecule has 0 spiro atoms. The summed E-state index contributed by atoms with van der Waals surface area (Å²) < 4.78 is 48.7. The molecule has 10 heteroatoms. The van der Waals surface area contributed by atoms with E-state index in [1.807, 2.05) is 36.4 Å². The Labute approximate surface area is 194 Å². The highest BCUT2D eigenvalue weighted by Crippen LogP contribution is 2.41. The van der Waals surface area contributed by atoms with Crippen LogP contribution in [0.25, 0.3) is 10.9 Å². The molecule has 1 aliphatic rings. The van der Waals surface area contributed by atoms with E-state index in [9.17, 15) is 13.2 Å². The molecule has 1 N–H and O–H groups in total. The second kappa shape index (κ2) is 10.5. The minimum atomic E-state index is -5.08. The number of halogens is 3. The Morgan fingerprint density at radius 3 is 2.38 bits per heavy atom. The van der Waals surface area contributed by atoms with E-state index < -0.39 is 12.1 Å². The van der Waals surface area contributed by atoms with Crippen LogP contribution in [0, 0.1) is 6.92 Å². The fourth-order valence-corrected chi connectivity index (χ4v) is 3.75. The minimum absolute atomic E-state index is 0.632. The van der Waals surface area contributed by atoms with E-state index in [0.717, 1.165) is 53.4 Å². The number of carbonyl (C=O) groups is 1. The van der Waals surface area contributed by atoms with Gasteiger partial charge in [0.05, 0.1) is 26.5 Å². The van der Waals surface area contributed by atoms with Gasteiger partial charge in [-0.3, -0.25) is 0 Å². The summed E-state index contributed by atoms with van der Waals surface area (Å²) in [5.41, 5.74) is 4.47. The average molecular weight is 478 g/mol. The summed E-state index contributed by atoms with van der Waals surface area (Å²) >= 11 is 0. The zero-order chi connectivity index (χ0) is 24.9. The van der Waals surface area contributed by atoms with Crippen LogP contribution in [0.3, 0.4) is 0 Å². The number of para-hydroxylation sites is 1. The maximum absolute atomic E-state index is 10.6. The quantitative estimate of drug-likeness (QED) is 0.553. The van der Waals surface area contributed by atoms with Crippen LogP contribution in [-0.2, 0) is 11.2 Å². The number of nitrogens with zero attached hydrogens (tertiary/aromatic N) is 2. The highest BCUT2D eigenvalue weighted by Gasteiger charge is 2.38. The smallest absolute Gasteiger partial charge is 0.490 e. The van der Waals surface area contributed by atoms with Crippen molar-refractivity contribution in [3.63, 3.8) is 0 Å². The second-order valence-electron chi connectivity index (χ2n) is 7.45. The number of benzene rings is 2. The topological polar surface area (TPSA) is 81.1 Å². The lowest BCUT2D eigenvalue weighted by molar-refractivity contribution is -0.192. The molecule has 34 heavy (non-hydrogen) atoms. The van der Waals surface area contributed by atoms with Crippen LogP contribution in [0.1, 0.15) is 11.3 Å². The van der Waals surface area contributed by atoms with Gasteiger partial charge in [0, 0.05) is 23.7 Å². The van der Waals surface area contributed by atoms with E-state index in [-0.39, 0.29) is 0 Å². The summed E-state index contributed by atoms with van der Waals surface area (Å²) in [6.07, 6.45) is -4.09. The molecule has 0 aliphatic carbocycles. The van der Waals surface area contributed by atoms with Crippen molar-refractivity contribution in [3.05, 3.63) is 53.7 Å². The third-order valence-corrected chi connectivity index (χ3v) is 5.32. The van der Waals surface area contributed by atoms with E-state index in [2.05, 4.69) is 17.9 Å². The molecule has 0 atom stereocenters. The zero-order valence-corrected chi connectivity index (χ0v) is 19.0. The van der Waals surface area contributed by atoms with Crippen LogP contribution in [0.5, 0.6) is 17.2 Å². The molecule has 0 bridgehead atoms. The van der Waals surface area contributed by atoms with Crippen molar-refractivity contribution in [3.8, 4) is 17.2 Å². The van der Waals surface area contributed by atoms with Crippen LogP contribution >= 0.6 is 0 Å². The third-order valence-electron chi connectivity index (χ3n) is 5.32. The predicted octanol–water partition coefficient (Wildman–Crippen LogP) is 4.64. The number of anilines is 1. The number of hydrogen-bond acceptors (Lipinski definition) is 6. The van der Waals surface area contributed by atoms with Crippen molar-refractivity contribution in [1.29, 1.82) is 0 Å². The molecule has 0 unspecified atom stereocenters. The first kappa shape index (κ1) is 24.9. The van der Waals surface area contributed by atoms with Crippen molar-refractivity contribution >= 4 is 22.6 Å². The molecule has 4 rings (SSSR count). The lowest BCUT2D eigenvalue weighted by Gasteiger charge is -2.22. The molecule has 7 nitrogen and oxygen atoms in total. The fraction of sp³-hybridized carbons (Fsp3) is 0.333. The number of fused-ring (bicyclic) bond motifs is 3.